The van der Waals surface area contributed by atoms with Crippen LogP contribution in [0, 0.1) is 11.9 Å². The van der Waals surface area contributed by atoms with Gasteiger partial charge in [0, 0.05) is 12.5 Å². The molecule has 5 rings (SSSR count). The highest BCUT2D eigenvalue weighted by molar-refractivity contribution is 9.10. The third-order valence-electron chi connectivity index (χ3n) is 4.65. The van der Waals surface area contributed by atoms with Gasteiger partial charge in [-0.15, -0.1) is 0 Å². The Bertz CT molecular complexity index is 603. The van der Waals surface area contributed by atoms with E-state index in [4.69, 9.17) is 4.74 Å². The van der Waals surface area contributed by atoms with E-state index in [0.717, 1.165) is 19.6 Å². The van der Waals surface area contributed by atoms with Gasteiger partial charge in [0.25, 0.3) is 6.02 Å². The number of pyridine rings is 1. The summed E-state index contributed by atoms with van der Waals surface area (Å²) in [4.78, 5) is 10.7. The summed E-state index contributed by atoms with van der Waals surface area (Å²) in [6.45, 7) is 3.94. The zero-order chi connectivity index (χ0) is 14.4. The van der Waals surface area contributed by atoms with Crippen LogP contribution in [0.1, 0.15) is 12.8 Å². The highest BCUT2D eigenvalue weighted by Gasteiger charge is 2.51. The van der Waals surface area contributed by atoms with Gasteiger partial charge in [-0.2, -0.15) is 4.39 Å². The predicted octanol–water partition coefficient (Wildman–Crippen LogP) is 2.25. The fraction of sp³-hybridized carbons (Fsp3) is 0.571. The molecule has 4 aliphatic rings. The molecule has 1 atom stereocenters. The Kier molecular flexibility index (Phi) is 3.15. The second-order valence-corrected chi connectivity index (χ2v) is 6.79. The van der Waals surface area contributed by atoms with Crippen molar-refractivity contribution >= 4 is 27.8 Å². The molecule has 1 aromatic rings. The fourth-order valence-electron chi connectivity index (χ4n) is 3.54. The molecule has 4 aliphatic heterocycles. The number of nitrogens with one attached hydrogen (secondary N) is 1. The van der Waals surface area contributed by atoms with Crippen molar-refractivity contribution in [3.05, 3.63) is 22.6 Å². The molecular weight excluding hydrogens is 339 g/mol. The predicted molar refractivity (Wildman–Crippen MR) is 80.8 cm³/mol. The number of anilines is 1. The first-order chi connectivity index (χ1) is 10.1. The second-order valence-electron chi connectivity index (χ2n) is 5.93. The van der Waals surface area contributed by atoms with Crippen LogP contribution in [0.5, 0.6) is 0 Å². The molecule has 3 fully saturated rings. The number of fused-ring (bicyclic) bond motifs is 2. The Morgan fingerprint density at radius 1 is 1.38 bits per heavy atom. The number of ether oxygens (including phenoxy) is 1. The van der Waals surface area contributed by atoms with E-state index in [1.54, 1.807) is 12.1 Å². The molecule has 21 heavy (non-hydrogen) atoms. The largest absolute Gasteiger partial charge is 0.455 e. The lowest BCUT2D eigenvalue weighted by molar-refractivity contribution is -0.0829. The number of halogens is 2. The Balaban J connectivity index is 1.47. The monoisotopic (exact) mass is 354 g/mol. The van der Waals surface area contributed by atoms with Crippen LogP contribution < -0.4 is 5.32 Å². The van der Waals surface area contributed by atoms with Crippen LogP contribution in [-0.4, -0.2) is 47.7 Å². The van der Waals surface area contributed by atoms with Gasteiger partial charge in [0.05, 0.1) is 11.0 Å². The summed E-state index contributed by atoms with van der Waals surface area (Å²) in [6.07, 6.45) is 2.35. The standard InChI is InChI=1S/C14H16BrFN4O/c15-10-1-2-11(18-12(10)16)19-13-17-7-14(21-13)8-20-5-3-9(14)4-6-20/h1-2,9H,3-8H2,(H,17,18,19). The van der Waals surface area contributed by atoms with Gasteiger partial charge in [0.15, 0.2) is 0 Å². The minimum absolute atomic E-state index is 0.188. The summed E-state index contributed by atoms with van der Waals surface area (Å²) in [6, 6.07) is 3.77. The highest BCUT2D eigenvalue weighted by Crippen LogP contribution is 2.40. The average Bonchev–Trinajstić information content (AvgIpc) is 2.87. The van der Waals surface area contributed by atoms with Crippen LogP contribution in [0.3, 0.4) is 0 Å². The minimum Gasteiger partial charge on any atom is -0.455 e. The normalized spacial score (nSPS) is 33.9. The van der Waals surface area contributed by atoms with Crippen LogP contribution in [-0.2, 0) is 4.74 Å². The Hall–Kier alpha value is -1.21. The maximum absolute atomic E-state index is 13.4. The summed E-state index contributed by atoms with van der Waals surface area (Å²) < 4.78 is 19.9. The number of amidine groups is 1. The molecule has 0 amide bonds. The van der Waals surface area contributed by atoms with E-state index in [0.29, 0.717) is 28.8 Å². The van der Waals surface area contributed by atoms with Crippen molar-refractivity contribution in [3.63, 3.8) is 0 Å². The highest BCUT2D eigenvalue weighted by atomic mass is 79.9. The quantitative estimate of drug-likeness (QED) is 0.785. The Morgan fingerprint density at radius 2 is 2.19 bits per heavy atom. The van der Waals surface area contributed by atoms with E-state index in [1.165, 1.54) is 12.8 Å². The molecule has 1 spiro atoms. The third-order valence-corrected chi connectivity index (χ3v) is 5.24. The fourth-order valence-corrected chi connectivity index (χ4v) is 3.76. The van der Waals surface area contributed by atoms with Crippen LogP contribution in [0.25, 0.3) is 0 Å². The number of nitrogens with zero attached hydrogens (tertiary/aromatic N) is 3. The molecule has 3 saturated heterocycles. The maximum Gasteiger partial charge on any atom is 0.291 e. The molecule has 2 bridgehead atoms. The van der Waals surface area contributed by atoms with Crippen molar-refractivity contribution in [2.24, 2.45) is 10.9 Å². The zero-order valence-electron chi connectivity index (χ0n) is 11.5. The van der Waals surface area contributed by atoms with Gasteiger partial charge in [-0.1, -0.05) is 0 Å². The van der Waals surface area contributed by atoms with Crippen molar-refractivity contribution < 1.29 is 9.13 Å². The van der Waals surface area contributed by atoms with Crippen LogP contribution in [0.15, 0.2) is 21.6 Å². The summed E-state index contributed by atoms with van der Waals surface area (Å²) in [5.74, 6) is 0.434. The number of aliphatic imine (C=N–C) groups is 1. The van der Waals surface area contributed by atoms with E-state index in [1.807, 2.05) is 0 Å². The molecule has 1 N–H and O–H groups in total. The van der Waals surface area contributed by atoms with Crippen LogP contribution in [0.2, 0.25) is 0 Å². The van der Waals surface area contributed by atoms with Crippen LogP contribution in [0.4, 0.5) is 10.2 Å². The minimum atomic E-state index is -0.545. The summed E-state index contributed by atoms with van der Waals surface area (Å²) in [7, 11) is 0. The van der Waals surface area contributed by atoms with Crippen molar-refractivity contribution in [1.29, 1.82) is 0 Å². The van der Waals surface area contributed by atoms with Crippen molar-refractivity contribution in [3.8, 4) is 0 Å². The number of hydrogen-bond acceptors (Lipinski definition) is 5. The number of hydrogen-bond donors (Lipinski definition) is 1. The molecule has 112 valence electrons. The van der Waals surface area contributed by atoms with Gasteiger partial charge < -0.3 is 4.74 Å². The van der Waals surface area contributed by atoms with E-state index < -0.39 is 5.95 Å². The van der Waals surface area contributed by atoms with Gasteiger partial charge in [0.1, 0.15) is 11.4 Å². The van der Waals surface area contributed by atoms with Gasteiger partial charge >= 0.3 is 0 Å². The molecule has 0 aliphatic carbocycles. The molecule has 7 heteroatoms. The zero-order valence-corrected chi connectivity index (χ0v) is 13.1. The van der Waals surface area contributed by atoms with Gasteiger partial charge in [-0.05, 0) is 54.0 Å². The maximum atomic E-state index is 13.4. The molecule has 1 unspecified atom stereocenters. The van der Waals surface area contributed by atoms with E-state index >= 15 is 0 Å². The first kappa shape index (κ1) is 13.5. The van der Waals surface area contributed by atoms with Crippen molar-refractivity contribution in [1.82, 2.24) is 9.88 Å². The lowest BCUT2D eigenvalue weighted by Gasteiger charge is -2.50. The lowest BCUT2D eigenvalue weighted by Crippen LogP contribution is -2.61. The van der Waals surface area contributed by atoms with Gasteiger partial charge in [-0.25, -0.2) is 9.98 Å². The van der Waals surface area contributed by atoms with Crippen LogP contribution >= 0.6 is 15.9 Å². The molecule has 0 aromatic carbocycles. The number of piperidine rings is 3. The first-order valence-corrected chi connectivity index (χ1v) is 7.99. The number of aromatic nitrogens is 1. The molecule has 5 nitrogen and oxygen atoms in total. The smallest absolute Gasteiger partial charge is 0.291 e. The lowest BCUT2D eigenvalue weighted by atomic mass is 9.75. The Labute approximate surface area is 130 Å². The van der Waals surface area contributed by atoms with Crippen molar-refractivity contribution in [2.75, 3.05) is 31.5 Å². The first-order valence-electron chi connectivity index (χ1n) is 7.19. The summed E-state index contributed by atoms with van der Waals surface area (Å²) in [5, 5.41) is 2.98. The van der Waals surface area contributed by atoms with Crippen molar-refractivity contribution in [2.45, 2.75) is 18.4 Å². The summed E-state index contributed by atoms with van der Waals surface area (Å²) in [5.41, 5.74) is -0.188. The Morgan fingerprint density at radius 3 is 2.86 bits per heavy atom. The third kappa shape index (κ3) is 2.32. The second kappa shape index (κ2) is 4.91. The van der Waals surface area contributed by atoms with E-state index in [-0.39, 0.29) is 5.60 Å². The molecule has 1 aromatic heterocycles. The van der Waals surface area contributed by atoms with E-state index in [2.05, 4.69) is 36.1 Å². The summed E-state index contributed by atoms with van der Waals surface area (Å²) >= 11 is 3.09. The topological polar surface area (TPSA) is 49.8 Å². The molecule has 5 heterocycles. The average molecular weight is 355 g/mol. The molecular formula is C14H16BrFN4O. The van der Waals surface area contributed by atoms with Gasteiger partial charge in [0.2, 0.25) is 5.95 Å². The van der Waals surface area contributed by atoms with Gasteiger partial charge in [-0.3, -0.25) is 10.2 Å². The SMILES string of the molecule is Fc1nc(NC2=NCC3(CN4CCC3CC4)O2)ccc1Br. The number of rotatable bonds is 1. The molecule has 0 saturated carbocycles. The van der Waals surface area contributed by atoms with E-state index in [9.17, 15) is 4.39 Å². The molecule has 0 radical (unpaired) electrons.